The van der Waals surface area contributed by atoms with Gasteiger partial charge in [0, 0.05) is 11.6 Å². The molecular formula is C14H28NO. The molecule has 2 nitrogen and oxygen atoms in total. The van der Waals surface area contributed by atoms with Gasteiger partial charge in [0.2, 0.25) is 0 Å². The lowest BCUT2D eigenvalue weighted by molar-refractivity contribution is -0.259. The lowest BCUT2D eigenvalue weighted by atomic mass is 9.78. The fourth-order valence-corrected chi connectivity index (χ4v) is 2.93. The van der Waals surface area contributed by atoms with Crippen molar-refractivity contribution in [3.8, 4) is 0 Å². The van der Waals surface area contributed by atoms with Crippen molar-refractivity contribution in [2.45, 2.75) is 78.3 Å². The minimum atomic E-state index is -0.258. The minimum Gasteiger partial charge on any atom is -0.146 e. The van der Waals surface area contributed by atoms with Gasteiger partial charge in [0.05, 0.1) is 0 Å². The van der Waals surface area contributed by atoms with Crippen molar-refractivity contribution in [1.82, 2.24) is 5.06 Å². The standard InChI is InChI=1S/C14H28NO/c1-11(2)13(15(16)14(3,4)5)12-9-7-6-8-10-12/h11-13H,6-10H2,1-5H3. The van der Waals surface area contributed by atoms with Crippen LogP contribution in [0.5, 0.6) is 0 Å². The number of hydrogen-bond acceptors (Lipinski definition) is 1. The molecule has 0 bridgehead atoms. The van der Waals surface area contributed by atoms with Gasteiger partial charge in [-0.05, 0) is 45.4 Å². The van der Waals surface area contributed by atoms with Crippen LogP contribution in [0.3, 0.4) is 0 Å². The summed E-state index contributed by atoms with van der Waals surface area (Å²) in [6.45, 7) is 10.5. The molecule has 0 aromatic heterocycles. The lowest BCUT2D eigenvalue weighted by Crippen LogP contribution is -2.51. The third kappa shape index (κ3) is 3.46. The quantitative estimate of drug-likeness (QED) is 0.666. The van der Waals surface area contributed by atoms with Crippen molar-refractivity contribution in [2.24, 2.45) is 11.8 Å². The van der Waals surface area contributed by atoms with Crippen molar-refractivity contribution in [1.29, 1.82) is 0 Å². The Morgan fingerprint density at radius 2 is 1.56 bits per heavy atom. The SMILES string of the molecule is CC(C)C(C1CCCCC1)N([O])C(C)(C)C. The van der Waals surface area contributed by atoms with Gasteiger partial charge in [0.25, 0.3) is 0 Å². The van der Waals surface area contributed by atoms with Gasteiger partial charge in [0.1, 0.15) is 0 Å². The van der Waals surface area contributed by atoms with Crippen LogP contribution < -0.4 is 0 Å². The van der Waals surface area contributed by atoms with Crippen molar-refractivity contribution < 1.29 is 5.21 Å². The summed E-state index contributed by atoms with van der Waals surface area (Å²) in [4.78, 5) is 0. The van der Waals surface area contributed by atoms with Crippen LogP contribution in [0.25, 0.3) is 0 Å². The average Bonchev–Trinajstić information content (AvgIpc) is 2.17. The molecule has 16 heavy (non-hydrogen) atoms. The first-order valence-corrected chi connectivity index (χ1v) is 6.80. The van der Waals surface area contributed by atoms with Crippen LogP contribution >= 0.6 is 0 Å². The van der Waals surface area contributed by atoms with E-state index < -0.39 is 0 Å². The van der Waals surface area contributed by atoms with Crippen LogP contribution in [-0.4, -0.2) is 16.6 Å². The fourth-order valence-electron chi connectivity index (χ4n) is 2.93. The maximum atomic E-state index is 12.4. The molecule has 0 heterocycles. The molecule has 0 N–H and O–H groups in total. The van der Waals surface area contributed by atoms with Crippen LogP contribution in [0, 0.1) is 11.8 Å². The Labute approximate surface area is 101 Å². The summed E-state index contributed by atoms with van der Waals surface area (Å²) in [5.74, 6) is 1.07. The maximum absolute atomic E-state index is 12.4. The predicted molar refractivity (Wildman–Crippen MR) is 67.5 cm³/mol. The first-order valence-electron chi connectivity index (χ1n) is 6.80. The monoisotopic (exact) mass is 226 g/mol. The molecule has 1 saturated carbocycles. The predicted octanol–water partition coefficient (Wildman–Crippen LogP) is 4.04. The Bertz CT molecular complexity index is 201. The largest absolute Gasteiger partial charge is 0.146 e. The molecule has 0 saturated heterocycles. The maximum Gasteiger partial charge on any atom is 0.0440 e. The van der Waals surface area contributed by atoms with E-state index in [9.17, 15) is 5.21 Å². The molecule has 1 radical (unpaired) electrons. The molecule has 1 unspecified atom stereocenters. The van der Waals surface area contributed by atoms with Crippen molar-refractivity contribution in [3.05, 3.63) is 0 Å². The van der Waals surface area contributed by atoms with E-state index in [0.717, 1.165) is 0 Å². The molecule has 1 fully saturated rings. The van der Waals surface area contributed by atoms with E-state index in [1.807, 2.05) is 20.8 Å². The Balaban J connectivity index is 2.73. The molecule has 0 spiro atoms. The smallest absolute Gasteiger partial charge is 0.0440 e. The molecule has 95 valence electrons. The molecule has 1 rings (SSSR count). The zero-order valence-electron chi connectivity index (χ0n) is 11.6. The molecular weight excluding hydrogens is 198 g/mol. The van der Waals surface area contributed by atoms with Gasteiger partial charge >= 0.3 is 0 Å². The van der Waals surface area contributed by atoms with E-state index in [4.69, 9.17) is 0 Å². The lowest BCUT2D eigenvalue weighted by Gasteiger charge is -2.42. The fraction of sp³-hybridized carbons (Fsp3) is 1.00. The van der Waals surface area contributed by atoms with E-state index in [1.165, 1.54) is 37.2 Å². The highest BCUT2D eigenvalue weighted by Crippen LogP contribution is 2.34. The zero-order valence-corrected chi connectivity index (χ0v) is 11.6. The van der Waals surface area contributed by atoms with Gasteiger partial charge in [-0.25, -0.2) is 0 Å². The Kier molecular flexibility index (Phi) is 4.81. The number of hydroxylamine groups is 2. The first-order chi connectivity index (χ1) is 7.34. The van der Waals surface area contributed by atoms with Crippen LogP contribution in [0.15, 0.2) is 0 Å². The summed E-state index contributed by atoms with van der Waals surface area (Å²) in [5.41, 5.74) is -0.258. The van der Waals surface area contributed by atoms with Gasteiger partial charge in [-0.15, -0.1) is 10.3 Å². The van der Waals surface area contributed by atoms with E-state index in [-0.39, 0.29) is 11.6 Å². The van der Waals surface area contributed by atoms with E-state index >= 15 is 0 Å². The molecule has 0 aromatic rings. The summed E-state index contributed by atoms with van der Waals surface area (Å²) >= 11 is 0. The third-order valence-corrected chi connectivity index (χ3v) is 3.75. The highest BCUT2D eigenvalue weighted by atomic mass is 16.5. The van der Waals surface area contributed by atoms with Gasteiger partial charge in [-0.1, -0.05) is 33.1 Å². The number of rotatable bonds is 3. The van der Waals surface area contributed by atoms with Crippen molar-refractivity contribution >= 4 is 0 Å². The van der Waals surface area contributed by atoms with Crippen molar-refractivity contribution in [3.63, 3.8) is 0 Å². The van der Waals surface area contributed by atoms with Gasteiger partial charge in [-0.2, -0.15) is 0 Å². The highest BCUT2D eigenvalue weighted by Gasteiger charge is 2.36. The van der Waals surface area contributed by atoms with Crippen LogP contribution in [0.2, 0.25) is 0 Å². The van der Waals surface area contributed by atoms with E-state index in [1.54, 1.807) is 0 Å². The second-order valence-electron chi connectivity index (χ2n) is 6.63. The summed E-state index contributed by atoms with van der Waals surface area (Å²) in [6.07, 6.45) is 6.47. The Morgan fingerprint density at radius 3 is 1.94 bits per heavy atom. The molecule has 1 atom stereocenters. The van der Waals surface area contributed by atoms with Crippen LogP contribution in [0.4, 0.5) is 0 Å². The summed E-state index contributed by atoms with van der Waals surface area (Å²) < 4.78 is 0. The minimum absolute atomic E-state index is 0.209. The molecule has 2 heteroatoms. The van der Waals surface area contributed by atoms with E-state index in [0.29, 0.717) is 11.8 Å². The molecule has 0 aromatic carbocycles. The highest BCUT2D eigenvalue weighted by molar-refractivity contribution is 4.85. The molecule has 1 aliphatic carbocycles. The topological polar surface area (TPSA) is 23.1 Å². The normalized spacial score (nSPS) is 21.8. The molecule has 0 amide bonds. The molecule has 0 aliphatic heterocycles. The summed E-state index contributed by atoms with van der Waals surface area (Å²) in [5, 5.41) is 13.8. The second kappa shape index (κ2) is 5.50. The summed E-state index contributed by atoms with van der Waals surface area (Å²) in [6, 6.07) is 0.209. The van der Waals surface area contributed by atoms with Gasteiger partial charge in [0.15, 0.2) is 0 Å². The Hall–Kier alpha value is -0.0800. The molecule has 1 aliphatic rings. The van der Waals surface area contributed by atoms with E-state index in [2.05, 4.69) is 13.8 Å². The number of hydrogen-bond donors (Lipinski definition) is 0. The first kappa shape index (κ1) is 14.0. The third-order valence-electron chi connectivity index (χ3n) is 3.75. The second-order valence-corrected chi connectivity index (χ2v) is 6.63. The van der Waals surface area contributed by atoms with Gasteiger partial charge in [-0.3, -0.25) is 0 Å². The van der Waals surface area contributed by atoms with Crippen LogP contribution in [0.1, 0.15) is 66.7 Å². The number of nitrogens with zero attached hydrogens (tertiary/aromatic N) is 1. The van der Waals surface area contributed by atoms with Gasteiger partial charge < -0.3 is 0 Å². The van der Waals surface area contributed by atoms with Crippen molar-refractivity contribution in [2.75, 3.05) is 0 Å². The zero-order chi connectivity index (χ0) is 12.3. The average molecular weight is 226 g/mol. The van der Waals surface area contributed by atoms with Crippen LogP contribution in [-0.2, 0) is 5.21 Å². The summed E-state index contributed by atoms with van der Waals surface area (Å²) in [7, 11) is 0. The Morgan fingerprint density at radius 1 is 1.06 bits per heavy atom.